The molecule has 0 aromatic heterocycles. The van der Waals surface area contributed by atoms with Gasteiger partial charge in [-0.05, 0) is 31.4 Å². The predicted octanol–water partition coefficient (Wildman–Crippen LogP) is 3.05. The number of nitrogens with one attached hydrogen (secondary N) is 1. The van der Waals surface area contributed by atoms with Crippen molar-refractivity contribution < 1.29 is 9.84 Å². The number of unbranched alkanes of at least 4 members (excludes halogenated alkanes) is 2. The number of hydrogen-bond donors (Lipinski definition) is 2. The van der Waals surface area contributed by atoms with Gasteiger partial charge in [0.2, 0.25) is 0 Å². The van der Waals surface area contributed by atoms with Crippen LogP contribution in [0, 0.1) is 0 Å². The predicted molar refractivity (Wildman–Crippen MR) is 71.7 cm³/mol. The highest BCUT2D eigenvalue weighted by atomic mass is 16.5. The molecule has 2 N–H and O–H groups in total. The topological polar surface area (TPSA) is 41.5 Å². The van der Waals surface area contributed by atoms with Crippen LogP contribution >= 0.6 is 0 Å². The Morgan fingerprint density at radius 1 is 1.18 bits per heavy atom. The molecule has 17 heavy (non-hydrogen) atoms. The molecule has 0 amide bonds. The molecular weight excluding hydrogens is 214 g/mol. The van der Waals surface area contributed by atoms with Gasteiger partial charge in [-0.15, -0.1) is 0 Å². The standard InChI is InChI=1S/C14H23NO2/c1-2-3-12-17-14-9-5-4-8-13(14)15-10-6-7-11-16/h4-5,8-9,15-16H,2-3,6-7,10-12H2,1H3. The Labute approximate surface area is 104 Å². The fourth-order valence-corrected chi connectivity index (χ4v) is 1.52. The number of rotatable bonds is 9. The van der Waals surface area contributed by atoms with Crippen LogP contribution < -0.4 is 10.1 Å². The molecule has 0 spiro atoms. The minimum absolute atomic E-state index is 0.260. The fourth-order valence-electron chi connectivity index (χ4n) is 1.52. The molecule has 0 radical (unpaired) electrons. The summed E-state index contributed by atoms with van der Waals surface area (Å²) in [4.78, 5) is 0. The van der Waals surface area contributed by atoms with Crippen molar-refractivity contribution in [1.82, 2.24) is 0 Å². The van der Waals surface area contributed by atoms with Crippen LogP contribution in [0.2, 0.25) is 0 Å². The average molecular weight is 237 g/mol. The number of ether oxygens (including phenoxy) is 1. The van der Waals surface area contributed by atoms with E-state index in [0.29, 0.717) is 0 Å². The molecule has 0 saturated carbocycles. The summed E-state index contributed by atoms with van der Waals surface area (Å²) in [7, 11) is 0. The lowest BCUT2D eigenvalue weighted by atomic mass is 10.2. The molecule has 3 heteroatoms. The van der Waals surface area contributed by atoms with E-state index < -0.39 is 0 Å². The van der Waals surface area contributed by atoms with E-state index in [9.17, 15) is 0 Å². The van der Waals surface area contributed by atoms with Gasteiger partial charge in [0, 0.05) is 13.2 Å². The highest BCUT2D eigenvalue weighted by Crippen LogP contribution is 2.23. The van der Waals surface area contributed by atoms with Crippen molar-refractivity contribution in [3.63, 3.8) is 0 Å². The number of aliphatic hydroxyl groups excluding tert-OH is 1. The highest BCUT2D eigenvalue weighted by molar-refractivity contribution is 5.56. The summed E-state index contributed by atoms with van der Waals surface area (Å²) in [5.74, 6) is 0.921. The molecule has 1 aromatic rings. The molecule has 0 aliphatic rings. The third-order valence-corrected chi connectivity index (χ3v) is 2.54. The normalized spacial score (nSPS) is 10.2. The smallest absolute Gasteiger partial charge is 0.142 e. The summed E-state index contributed by atoms with van der Waals surface area (Å²) in [5.41, 5.74) is 1.04. The Morgan fingerprint density at radius 2 is 2.00 bits per heavy atom. The lowest BCUT2D eigenvalue weighted by Crippen LogP contribution is -2.05. The summed E-state index contributed by atoms with van der Waals surface area (Å²) < 4.78 is 5.72. The maximum Gasteiger partial charge on any atom is 0.142 e. The first-order valence-electron chi connectivity index (χ1n) is 6.45. The van der Waals surface area contributed by atoms with E-state index in [1.807, 2.05) is 24.3 Å². The van der Waals surface area contributed by atoms with Crippen LogP contribution in [0.5, 0.6) is 5.75 Å². The second kappa shape index (κ2) is 8.88. The van der Waals surface area contributed by atoms with Crippen LogP contribution in [-0.2, 0) is 0 Å². The van der Waals surface area contributed by atoms with Crippen LogP contribution in [0.1, 0.15) is 32.6 Å². The molecule has 0 atom stereocenters. The third-order valence-electron chi connectivity index (χ3n) is 2.54. The second-order valence-electron chi connectivity index (χ2n) is 4.06. The zero-order chi connectivity index (χ0) is 12.3. The highest BCUT2D eigenvalue weighted by Gasteiger charge is 2.01. The first-order chi connectivity index (χ1) is 8.38. The third kappa shape index (κ3) is 5.59. The first-order valence-corrected chi connectivity index (χ1v) is 6.45. The van der Waals surface area contributed by atoms with Crippen LogP contribution in [0.15, 0.2) is 24.3 Å². The SMILES string of the molecule is CCCCOc1ccccc1NCCCCO. The minimum atomic E-state index is 0.260. The lowest BCUT2D eigenvalue weighted by Gasteiger charge is -2.12. The van der Waals surface area contributed by atoms with Gasteiger partial charge in [0.1, 0.15) is 5.75 Å². The van der Waals surface area contributed by atoms with Crippen LogP contribution in [0.25, 0.3) is 0 Å². The van der Waals surface area contributed by atoms with Crippen molar-refractivity contribution >= 4 is 5.69 Å². The van der Waals surface area contributed by atoms with E-state index in [-0.39, 0.29) is 6.61 Å². The van der Waals surface area contributed by atoms with Gasteiger partial charge in [0.05, 0.1) is 12.3 Å². The number of para-hydroxylation sites is 2. The molecule has 0 heterocycles. The van der Waals surface area contributed by atoms with Gasteiger partial charge < -0.3 is 15.2 Å². The molecule has 1 rings (SSSR count). The Hall–Kier alpha value is -1.22. The summed E-state index contributed by atoms with van der Waals surface area (Å²) >= 11 is 0. The second-order valence-corrected chi connectivity index (χ2v) is 4.06. The number of benzene rings is 1. The quantitative estimate of drug-likeness (QED) is 0.649. The number of aliphatic hydroxyl groups is 1. The molecule has 1 aromatic carbocycles. The van der Waals surface area contributed by atoms with Gasteiger partial charge >= 0.3 is 0 Å². The summed E-state index contributed by atoms with van der Waals surface area (Å²) in [6.07, 6.45) is 4.04. The molecule has 0 fully saturated rings. The maximum atomic E-state index is 8.71. The number of hydrogen-bond acceptors (Lipinski definition) is 3. The molecular formula is C14H23NO2. The summed E-state index contributed by atoms with van der Waals surface area (Å²) in [5, 5.41) is 12.0. The van der Waals surface area contributed by atoms with Crippen LogP contribution in [0.3, 0.4) is 0 Å². The van der Waals surface area contributed by atoms with Gasteiger partial charge in [-0.1, -0.05) is 25.5 Å². The molecule has 3 nitrogen and oxygen atoms in total. The van der Waals surface area contributed by atoms with Gasteiger partial charge in [0.25, 0.3) is 0 Å². The Morgan fingerprint density at radius 3 is 2.76 bits per heavy atom. The maximum absolute atomic E-state index is 8.71. The average Bonchev–Trinajstić information content (AvgIpc) is 2.36. The Bertz CT molecular complexity index is 302. The van der Waals surface area contributed by atoms with E-state index in [1.165, 1.54) is 0 Å². The largest absolute Gasteiger partial charge is 0.491 e. The summed E-state index contributed by atoms with van der Waals surface area (Å²) in [6.45, 7) is 4.05. The van der Waals surface area contributed by atoms with Crippen molar-refractivity contribution in [2.24, 2.45) is 0 Å². The first kappa shape index (κ1) is 13.8. The van der Waals surface area contributed by atoms with Gasteiger partial charge in [0.15, 0.2) is 0 Å². The van der Waals surface area contributed by atoms with E-state index in [1.54, 1.807) is 0 Å². The molecule has 0 aliphatic carbocycles. The number of anilines is 1. The van der Waals surface area contributed by atoms with E-state index in [4.69, 9.17) is 9.84 Å². The minimum Gasteiger partial charge on any atom is -0.491 e. The van der Waals surface area contributed by atoms with Gasteiger partial charge in [-0.3, -0.25) is 0 Å². The molecule has 0 saturated heterocycles. The Balaban J connectivity index is 2.40. The van der Waals surface area contributed by atoms with Crippen molar-refractivity contribution in [3.8, 4) is 5.75 Å². The van der Waals surface area contributed by atoms with Crippen molar-refractivity contribution in [3.05, 3.63) is 24.3 Å². The zero-order valence-electron chi connectivity index (χ0n) is 10.6. The van der Waals surface area contributed by atoms with E-state index >= 15 is 0 Å². The monoisotopic (exact) mass is 237 g/mol. The van der Waals surface area contributed by atoms with Crippen molar-refractivity contribution in [2.45, 2.75) is 32.6 Å². The zero-order valence-corrected chi connectivity index (χ0v) is 10.6. The van der Waals surface area contributed by atoms with Crippen molar-refractivity contribution in [1.29, 1.82) is 0 Å². The fraction of sp³-hybridized carbons (Fsp3) is 0.571. The van der Waals surface area contributed by atoms with E-state index in [2.05, 4.69) is 12.2 Å². The molecule has 96 valence electrons. The van der Waals surface area contributed by atoms with Crippen molar-refractivity contribution in [2.75, 3.05) is 25.1 Å². The molecule has 0 unspecified atom stereocenters. The van der Waals surface area contributed by atoms with Gasteiger partial charge in [-0.25, -0.2) is 0 Å². The molecule has 0 aliphatic heterocycles. The molecule has 0 bridgehead atoms. The summed E-state index contributed by atoms with van der Waals surface area (Å²) in [6, 6.07) is 8.01. The Kier molecular flexibility index (Phi) is 7.23. The van der Waals surface area contributed by atoms with E-state index in [0.717, 1.165) is 50.3 Å². The van der Waals surface area contributed by atoms with Gasteiger partial charge in [-0.2, -0.15) is 0 Å². The lowest BCUT2D eigenvalue weighted by molar-refractivity contribution is 0.286. The van der Waals surface area contributed by atoms with Crippen LogP contribution in [0.4, 0.5) is 5.69 Å². The van der Waals surface area contributed by atoms with Crippen LogP contribution in [-0.4, -0.2) is 24.9 Å².